The van der Waals surface area contributed by atoms with Crippen LogP contribution in [-0.2, 0) is 14.3 Å². The molecule has 0 aromatic heterocycles. The number of carbonyl (C=O) groups excluding carboxylic acids is 2. The Balaban J connectivity index is 1.60. The van der Waals surface area contributed by atoms with Crippen LogP contribution in [0.3, 0.4) is 0 Å². The number of hydrogen-bond acceptors (Lipinski definition) is 5. The van der Waals surface area contributed by atoms with Crippen molar-refractivity contribution >= 4 is 22.8 Å². The van der Waals surface area contributed by atoms with Crippen molar-refractivity contribution in [2.75, 3.05) is 0 Å². The summed E-state index contributed by atoms with van der Waals surface area (Å²) in [5.41, 5.74) is 0.646. The summed E-state index contributed by atoms with van der Waals surface area (Å²) >= 11 is 1.29. The number of esters is 1. The lowest BCUT2D eigenvalue weighted by Crippen LogP contribution is -2.13. The first-order chi connectivity index (χ1) is 15.0. The van der Waals surface area contributed by atoms with Gasteiger partial charge in [-0.3, -0.25) is 9.59 Å². The minimum absolute atomic E-state index is 0.000494. The fourth-order valence-electron chi connectivity index (χ4n) is 3.78. The summed E-state index contributed by atoms with van der Waals surface area (Å²) in [4.78, 5) is 25.0. The second kappa shape index (κ2) is 9.53. The average Bonchev–Trinajstić information content (AvgIpc) is 3.26. The summed E-state index contributed by atoms with van der Waals surface area (Å²) in [5, 5.41) is 0.0101. The maximum atomic E-state index is 12.9. The molecule has 0 bridgehead atoms. The number of rotatable bonds is 7. The zero-order valence-electron chi connectivity index (χ0n) is 19.6. The van der Waals surface area contributed by atoms with Gasteiger partial charge in [0.15, 0.2) is 0 Å². The van der Waals surface area contributed by atoms with Crippen molar-refractivity contribution in [1.82, 2.24) is 0 Å². The quantitative estimate of drug-likeness (QED) is 0.335. The van der Waals surface area contributed by atoms with Crippen LogP contribution in [0.1, 0.15) is 53.2 Å². The summed E-state index contributed by atoms with van der Waals surface area (Å²) in [6, 6.07) is 17.1. The van der Waals surface area contributed by atoms with E-state index in [2.05, 4.69) is 0 Å². The lowest BCUT2D eigenvalue weighted by atomic mass is 10.1. The third kappa shape index (κ3) is 6.26. The first kappa shape index (κ1) is 24.1. The minimum Gasteiger partial charge on any atom is -0.458 e. The smallest absolute Gasteiger partial charge is 0.310 e. The highest BCUT2D eigenvalue weighted by atomic mass is 32.2. The van der Waals surface area contributed by atoms with Crippen LogP contribution in [0.5, 0.6) is 11.5 Å². The summed E-state index contributed by atoms with van der Waals surface area (Å²) in [6.45, 7) is 12.0. The molecule has 0 unspecified atom stereocenters. The van der Waals surface area contributed by atoms with E-state index in [1.54, 1.807) is 6.08 Å². The van der Waals surface area contributed by atoms with E-state index in [1.807, 2.05) is 102 Å². The van der Waals surface area contributed by atoms with Crippen LogP contribution in [0, 0.1) is 17.3 Å². The van der Waals surface area contributed by atoms with Gasteiger partial charge in [-0.2, -0.15) is 0 Å². The molecule has 0 radical (unpaired) electrons. The molecule has 0 amide bonds. The molecular formula is C27H32O4S. The van der Waals surface area contributed by atoms with E-state index in [-0.39, 0.29) is 33.1 Å². The second-order valence-corrected chi connectivity index (χ2v) is 11.6. The molecule has 0 heterocycles. The van der Waals surface area contributed by atoms with Gasteiger partial charge in [0.1, 0.15) is 17.6 Å². The third-order valence-electron chi connectivity index (χ3n) is 5.61. The Labute approximate surface area is 195 Å². The van der Waals surface area contributed by atoms with Gasteiger partial charge in [0.05, 0.1) is 5.92 Å². The number of carbonyl (C=O) groups is 2. The van der Waals surface area contributed by atoms with E-state index in [4.69, 9.17) is 9.47 Å². The van der Waals surface area contributed by atoms with Gasteiger partial charge in [-0.1, -0.05) is 82.8 Å². The molecule has 0 spiro atoms. The molecule has 5 heteroatoms. The maximum absolute atomic E-state index is 12.9. The highest BCUT2D eigenvalue weighted by Crippen LogP contribution is 2.59. The first-order valence-electron chi connectivity index (χ1n) is 10.9. The molecule has 1 aliphatic rings. The highest BCUT2D eigenvalue weighted by Gasteiger charge is 2.61. The van der Waals surface area contributed by atoms with Crippen molar-refractivity contribution in [2.45, 2.75) is 52.4 Å². The van der Waals surface area contributed by atoms with Crippen LogP contribution < -0.4 is 4.74 Å². The normalized spacial score (nSPS) is 20.6. The summed E-state index contributed by atoms with van der Waals surface area (Å²) in [6.07, 6.45) is 3.07. The maximum Gasteiger partial charge on any atom is 0.310 e. The van der Waals surface area contributed by atoms with Crippen LogP contribution in [0.2, 0.25) is 0 Å². The van der Waals surface area contributed by atoms with Crippen molar-refractivity contribution < 1.29 is 19.1 Å². The molecular weight excluding hydrogens is 420 g/mol. The SMILES string of the molecule is C[C@@H](OC(=O)[C@@H]1[C@H](C=CC(=O)SC(C)(C)C)C1(C)C)c1cccc(Oc2ccccc2)c1. The average molecular weight is 453 g/mol. The lowest BCUT2D eigenvalue weighted by molar-refractivity contribution is -0.151. The third-order valence-corrected chi connectivity index (χ3v) is 6.56. The van der Waals surface area contributed by atoms with Crippen molar-refractivity contribution in [1.29, 1.82) is 0 Å². The summed E-state index contributed by atoms with van der Waals surface area (Å²) < 4.78 is 11.6. The van der Waals surface area contributed by atoms with Crippen molar-refractivity contribution in [3.63, 3.8) is 0 Å². The van der Waals surface area contributed by atoms with Gasteiger partial charge in [0, 0.05) is 4.75 Å². The highest BCUT2D eigenvalue weighted by molar-refractivity contribution is 8.15. The van der Waals surface area contributed by atoms with E-state index in [9.17, 15) is 9.59 Å². The number of benzene rings is 2. The predicted octanol–water partition coefficient (Wildman–Crippen LogP) is 6.97. The monoisotopic (exact) mass is 452 g/mol. The van der Waals surface area contributed by atoms with Gasteiger partial charge < -0.3 is 9.47 Å². The Morgan fingerprint density at radius 2 is 1.69 bits per heavy atom. The lowest BCUT2D eigenvalue weighted by Gasteiger charge is -2.15. The number of thioether (sulfide) groups is 1. The van der Waals surface area contributed by atoms with Gasteiger partial charge in [-0.25, -0.2) is 0 Å². The van der Waals surface area contributed by atoms with Crippen molar-refractivity contribution in [3.05, 3.63) is 72.3 Å². The van der Waals surface area contributed by atoms with Crippen LogP contribution in [-0.4, -0.2) is 15.8 Å². The van der Waals surface area contributed by atoms with E-state index in [0.29, 0.717) is 5.75 Å². The Hall–Kier alpha value is -2.53. The topological polar surface area (TPSA) is 52.6 Å². The second-order valence-electron chi connectivity index (χ2n) is 9.78. The first-order valence-corrected chi connectivity index (χ1v) is 11.7. The van der Waals surface area contributed by atoms with Crippen LogP contribution in [0.4, 0.5) is 0 Å². The van der Waals surface area contributed by atoms with Crippen LogP contribution in [0.15, 0.2) is 66.7 Å². The van der Waals surface area contributed by atoms with Gasteiger partial charge in [0.25, 0.3) is 0 Å². The molecule has 32 heavy (non-hydrogen) atoms. The molecule has 0 saturated heterocycles. The fourth-order valence-corrected chi connectivity index (χ4v) is 4.53. The minimum atomic E-state index is -0.402. The standard InChI is InChI=1S/C27H32O4S/c1-18(19-11-10-14-21(17-19)31-20-12-8-7-9-13-20)30-25(29)24-22(27(24,5)6)15-16-23(28)32-26(2,3)4/h7-18,22,24H,1-6H3/t18-,22+,24+/m1/s1. The Morgan fingerprint density at radius 1 is 1.03 bits per heavy atom. The number of para-hydroxylation sites is 1. The molecule has 2 aromatic carbocycles. The molecule has 2 aromatic rings. The molecule has 0 aliphatic heterocycles. The fraction of sp³-hybridized carbons (Fsp3) is 0.407. The van der Waals surface area contributed by atoms with E-state index < -0.39 is 6.10 Å². The molecule has 1 saturated carbocycles. The zero-order chi connectivity index (χ0) is 23.5. The van der Waals surface area contributed by atoms with Crippen molar-refractivity contribution in [3.8, 4) is 11.5 Å². The van der Waals surface area contributed by atoms with Crippen LogP contribution in [0.25, 0.3) is 0 Å². The predicted molar refractivity (Wildman–Crippen MR) is 130 cm³/mol. The van der Waals surface area contributed by atoms with Gasteiger partial charge in [0.2, 0.25) is 5.12 Å². The summed E-state index contributed by atoms with van der Waals surface area (Å²) in [5.74, 6) is 0.959. The molecule has 3 atom stereocenters. The summed E-state index contributed by atoms with van der Waals surface area (Å²) in [7, 11) is 0. The Bertz CT molecular complexity index is 988. The number of allylic oxidation sites excluding steroid dienone is 1. The van der Waals surface area contributed by atoms with Gasteiger partial charge >= 0.3 is 5.97 Å². The molecule has 170 valence electrons. The number of hydrogen-bond donors (Lipinski definition) is 0. The van der Waals surface area contributed by atoms with Crippen LogP contribution >= 0.6 is 11.8 Å². The van der Waals surface area contributed by atoms with Gasteiger partial charge in [-0.15, -0.1) is 0 Å². The Kier molecular flexibility index (Phi) is 7.19. The van der Waals surface area contributed by atoms with Gasteiger partial charge in [-0.05, 0) is 54.2 Å². The van der Waals surface area contributed by atoms with Crippen molar-refractivity contribution in [2.24, 2.45) is 17.3 Å². The molecule has 1 aliphatic carbocycles. The Morgan fingerprint density at radius 3 is 2.34 bits per heavy atom. The molecule has 3 rings (SSSR count). The molecule has 4 nitrogen and oxygen atoms in total. The zero-order valence-corrected chi connectivity index (χ0v) is 20.4. The molecule has 0 N–H and O–H groups in total. The van der Waals surface area contributed by atoms with E-state index in [1.165, 1.54) is 11.8 Å². The van der Waals surface area contributed by atoms with E-state index >= 15 is 0 Å². The largest absolute Gasteiger partial charge is 0.458 e. The molecule has 1 fully saturated rings. The van der Waals surface area contributed by atoms with E-state index in [0.717, 1.165) is 11.3 Å². The number of ether oxygens (including phenoxy) is 2.